The predicted octanol–water partition coefficient (Wildman–Crippen LogP) is 11.0. The van der Waals surface area contributed by atoms with E-state index in [-0.39, 0.29) is 23.1 Å². The molecule has 0 atom stereocenters. The molecule has 422 valence electrons. The molecule has 0 aliphatic carbocycles. The van der Waals surface area contributed by atoms with Crippen LogP contribution < -0.4 is 16.0 Å². The molecule has 9 aromatic heterocycles. The van der Waals surface area contributed by atoms with E-state index in [9.17, 15) is 18.4 Å². The maximum absolute atomic E-state index is 15.0. The first kappa shape index (κ1) is 54.0. The topological polar surface area (TPSA) is 202 Å². The van der Waals surface area contributed by atoms with Crippen LogP contribution in [0.1, 0.15) is 96.0 Å². The van der Waals surface area contributed by atoms with Crippen molar-refractivity contribution in [1.82, 2.24) is 79.7 Å². The monoisotopic (exact) mass is 1130 g/mol. The number of hydrogen-bond acceptors (Lipinski definition) is 14. The van der Waals surface area contributed by atoms with Crippen molar-refractivity contribution in [2.45, 2.75) is 77.0 Å². The molecule has 0 radical (unpaired) electrons. The molecule has 12 heterocycles. The van der Waals surface area contributed by atoms with Gasteiger partial charge in [0.15, 0.2) is 17.1 Å². The smallest absolute Gasteiger partial charge is 0.233 e. The first-order valence-electron chi connectivity index (χ1n) is 28.3. The summed E-state index contributed by atoms with van der Waals surface area (Å²) < 4.78 is 64.5. The van der Waals surface area contributed by atoms with Crippen molar-refractivity contribution in [2.75, 3.05) is 39.3 Å². The second-order valence-corrected chi connectivity index (χ2v) is 22.0. The van der Waals surface area contributed by atoms with E-state index in [1.54, 1.807) is 58.6 Å². The van der Waals surface area contributed by atoms with E-state index in [0.29, 0.717) is 84.1 Å². The second kappa shape index (κ2) is 22.8. The van der Waals surface area contributed by atoms with Gasteiger partial charge in [0.05, 0.1) is 56.3 Å². The fraction of sp³-hybridized carbons (Fsp3) is 0.286. The summed E-state index contributed by atoms with van der Waals surface area (Å²) in [7, 11) is 0. The SMILES string of the molecule is Cc1cn2cc(-c3cc(F)c4cc(C5CCNCC5)nnc4c3)cc(C#N)c2n1.Cc1cn2cc(-c3cc(F)c4cc(C5CCNCC5)nnc4c3)cc(F)c2n1.Cc1cn2cc(-c3cc(F)c4cc(C5CCNCC5)nnc4c3)cnc2n1. The largest absolute Gasteiger partial charge is 0.317 e. The first-order chi connectivity index (χ1) is 40.9. The van der Waals surface area contributed by atoms with E-state index in [0.717, 1.165) is 129 Å². The molecule has 17 nitrogen and oxygen atoms in total. The summed E-state index contributed by atoms with van der Waals surface area (Å²) >= 11 is 0. The summed E-state index contributed by atoms with van der Waals surface area (Å²) in [5.74, 6) is 0.161. The van der Waals surface area contributed by atoms with E-state index >= 15 is 4.39 Å². The lowest BCUT2D eigenvalue weighted by Crippen LogP contribution is -2.27. The number of fused-ring (bicyclic) bond motifs is 6. The summed E-state index contributed by atoms with van der Waals surface area (Å²) in [5, 5.41) is 47.0. The number of aromatic nitrogens is 13. The lowest BCUT2D eigenvalue weighted by Gasteiger charge is -2.21. The number of nitriles is 1. The summed E-state index contributed by atoms with van der Waals surface area (Å²) in [4.78, 5) is 17.2. The van der Waals surface area contributed by atoms with Crippen LogP contribution in [0.2, 0.25) is 0 Å². The Balaban J connectivity index is 0.000000118. The minimum absolute atomic E-state index is 0.258. The van der Waals surface area contributed by atoms with Gasteiger partial charge in [0.2, 0.25) is 5.78 Å². The maximum atomic E-state index is 15.0. The van der Waals surface area contributed by atoms with Gasteiger partial charge in [-0.05, 0) is 188 Å². The molecule has 15 rings (SSSR count). The van der Waals surface area contributed by atoms with Crippen LogP contribution in [0.5, 0.6) is 0 Å². The van der Waals surface area contributed by atoms with Crippen molar-refractivity contribution < 1.29 is 17.6 Å². The third-order valence-corrected chi connectivity index (χ3v) is 16.1. The Morgan fingerprint density at radius 1 is 0.417 bits per heavy atom. The van der Waals surface area contributed by atoms with Gasteiger partial charge >= 0.3 is 0 Å². The van der Waals surface area contributed by atoms with Gasteiger partial charge in [-0.2, -0.15) is 35.9 Å². The summed E-state index contributed by atoms with van der Waals surface area (Å²) in [6, 6.07) is 20.7. The number of rotatable bonds is 6. The third-order valence-electron chi connectivity index (χ3n) is 16.1. The Kier molecular flexibility index (Phi) is 14.7. The standard InChI is InChI=1S/C22H19FN6.C21H19F2N5.C20H19FN6/c1-13-11-29-12-17(6-16(10-24)22(29)26-13)15-7-19(23)18-9-20(27-28-21(18)8-15)14-2-4-25-5-3-14;1-12-10-28-11-15(7-18(23)21(28)25-12)14-6-17(22)16-9-19(26-27-20(16)8-14)13-2-4-24-5-3-13;1-12-10-27-11-15(9-23-20(27)24-12)14-6-17(21)16-8-18(25-26-19(16)7-14)13-2-4-22-5-3-13/h6-9,11-12,14,25H,2-5H2,1H3;6-11,13,24H,2-5H2,1H3;6-11,13,22H,2-5H2,1H3. The van der Waals surface area contributed by atoms with Gasteiger partial charge < -0.3 is 24.8 Å². The zero-order valence-electron chi connectivity index (χ0n) is 46.4. The molecule has 21 heteroatoms. The minimum atomic E-state index is -0.446. The Morgan fingerprint density at radius 2 is 0.798 bits per heavy atom. The molecule has 12 aromatic rings. The zero-order valence-corrected chi connectivity index (χ0v) is 46.4. The van der Waals surface area contributed by atoms with Crippen LogP contribution in [0, 0.1) is 55.4 Å². The predicted molar refractivity (Wildman–Crippen MR) is 312 cm³/mol. The van der Waals surface area contributed by atoms with Crippen LogP contribution in [0.15, 0.2) is 110 Å². The van der Waals surface area contributed by atoms with Crippen LogP contribution in [0.4, 0.5) is 17.6 Å². The van der Waals surface area contributed by atoms with E-state index in [1.165, 1.54) is 18.2 Å². The quantitative estimate of drug-likeness (QED) is 0.133. The summed E-state index contributed by atoms with van der Waals surface area (Å²) in [6.45, 7) is 11.3. The van der Waals surface area contributed by atoms with Gasteiger partial charge in [-0.1, -0.05) is 0 Å². The highest BCUT2D eigenvalue weighted by molar-refractivity contribution is 5.87. The molecule has 3 fully saturated rings. The average molecular weight is 1130 g/mol. The second-order valence-electron chi connectivity index (χ2n) is 22.0. The highest BCUT2D eigenvalue weighted by Crippen LogP contribution is 2.34. The van der Waals surface area contributed by atoms with Crippen molar-refractivity contribution in [1.29, 1.82) is 5.26 Å². The number of nitrogens with one attached hydrogen (secondary N) is 3. The molecule has 3 aliphatic rings. The van der Waals surface area contributed by atoms with Gasteiger partial charge in [-0.3, -0.25) is 4.40 Å². The molecule has 84 heavy (non-hydrogen) atoms. The van der Waals surface area contributed by atoms with Crippen LogP contribution in [0.25, 0.3) is 83.2 Å². The van der Waals surface area contributed by atoms with Gasteiger partial charge in [-0.15, -0.1) is 0 Å². The van der Waals surface area contributed by atoms with Crippen molar-refractivity contribution in [3.8, 4) is 39.4 Å². The minimum Gasteiger partial charge on any atom is -0.317 e. The fourth-order valence-corrected chi connectivity index (χ4v) is 11.8. The van der Waals surface area contributed by atoms with Gasteiger partial charge in [0.1, 0.15) is 23.5 Å². The van der Waals surface area contributed by atoms with E-state index in [4.69, 9.17) is 0 Å². The lowest BCUT2D eigenvalue weighted by atomic mass is 9.93. The van der Waals surface area contributed by atoms with E-state index in [1.807, 2.05) is 67.3 Å². The van der Waals surface area contributed by atoms with E-state index in [2.05, 4.69) is 72.5 Å². The Hall–Kier alpha value is -9.23. The Bertz CT molecular complexity index is 4530. The lowest BCUT2D eigenvalue weighted by molar-refractivity contribution is 0.451. The van der Waals surface area contributed by atoms with Crippen molar-refractivity contribution >= 4 is 49.8 Å². The molecule has 3 saturated heterocycles. The Morgan fingerprint density at radius 3 is 1.26 bits per heavy atom. The van der Waals surface area contributed by atoms with Crippen LogP contribution in [-0.2, 0) is 0 Å². The molecule has 3 aromatic carbocycles. The molecule has 3 aliphatic heterocycles. The number of aryl methyl sites for hydroxylation is 3. The maximum Gasteiger partial charge on any atom is 0.233 e. The molecule has 0 bridgehead atoms. The third kappa shape index (κ3) is 11.0. The van der Waals surface area contributed by atoms with E-state index < -0.39 is 5.82 Å². The molecular weight excluding hydrogens is 1070 g/mol. The van der Waals surface area contributed by atoms with Crippen molar-refractivity contribution in [3.05, 3.63) is 173 Å². The highest BCUT2D eigenvalue weighted by Gasteiger charge is 2.23. The van der Waals surface area contributed by atoms with Gasteiger partial charge in [0, 0.05) is 88.4 Å². The molecule has 3 N–H and O–H groups in total. The normalized spacial score (nSPS) is 15.4. The number of imidazole rings is 3. The van der Waals surface area contributed by atoms with Crippen LogP contribution in [0.3, 0.4) is 0 Å². The van der Waals surface area contributed by atoms with Crippen molar-refractivity contribution in [2.24, 2.45) is 0 Å². The van der Waals surface area contributed by atoms with Crippen molar-refractivity contribution in [3.63, 3.8) is 0 Å². The summed E-state index contributed by atoms with van der Waals surface area (Å²) in [6.07, 6.45) is 18.6. The number of pyridine rings is 2. The fourth-order valence-electron chi connectivity index (χ4n) is 11.8. The van der Waals surface area contributed by atoms with Crippen LogP contribution in [-0.4, -0.2) is 103 Å². The molecule has 0 amide bonds. The molecular formula is C63H57F4N17. The zero-order chi connectivity index (χ0) is 57.6. The first-order valence-corrected chi connectivity index (χ1v) is 28.3. The van der Waals surface area contributed by atoms with Gasteiger partial charge in [0.25, 0.3) is 0 Å². The molecule has 0 unspecified atom stereocenters. The number of nitrogens with zero attached hydrogens (tertiary/aromatic N) is 14. The molecule has 0 saturated carbocycles. The number of benzene rings is 3. The molecule has 0 spiro atoms. The number of halogens is 4. The highest BCUT2D eigenvalue weighted by atomic mass is 19.1. The average Bonchev–Trinajstić information content (AvgIpc) is 3.57. The number of hydrogen-bond donors (Lipinski definition) is 3. The van der Waals surface area contributed by atoms with Gasteiger partial charge in [-0.25, -0.2) is 37.5 Å². The Labute approximate surface area is 479 Å². The number of piperidine rings is 3. The summed E-state index contributed by atoms with van der Waals surface area (Å²) in [5.41, 5.74) is 11.9. The van der Waals surface area contributed by atoms with Crippen LogP contribution >= 0.6 is 0 Å².